The molecule has 0 fully saturated rings. The Labute approximate surface area is 181 Å². The van der Waals surface area contributed by atoms with E-state index in [-0.39, 0.29) is 17.8 Å². The number of para-hydroxylation sites is 1. The van der Waals surface area contributed by atoms with Gasteiger partial charge in [-0.2, -0.15) is 0 Å². The summed E-state index contributed by atoms with van der Waals surface area (Å²) in [4.78, 5) is 27.1. The van der Waals surface area contributed by atoms with Gasteiger partial charge in [0.25, 0.3) is 5.91 Å². The number of anilines is 1. The van der Waals surface area contributed by atoms with Crippen molar-refractivity contribution in [2.75, 3.05) is 4.90 Å². The number of amides is 1. The van der Waals surface area contributed by atoms with E-state index in [0.29, 0.717) is 17.2 Å². The molecule has 0 saturated carbocycles. The normalized spacial score (nSPS) is 16.0. The Morgan fingerprint density at radius 1 is 0.968 bits per heavy atom. The summed E-state index contributed by atoms with van der Waals surface area (Å²) in [6.07, 6.45) is 0.201. The number of ketones is 1. The van der Waals surface area contributed by atoms with Crippen LogP contribution in [0.25, 0.3) is 0 Å². The molecule has 1 atom stereocenters. The molecule has 1 N–H and O–H groups in total. The fourth-order valence-electron chi connectivity index (χ4n) is 3.80. The molecule has 0 spiro atoms. The average Bonchev–Trinajstić information content (AvgIpc) is 3.05. The van der Waals surface area contributed by atoms with E-state index in [1.165, 1.54) is 4.90 Å². The minimum Gasteiger partial charge on any atom is -0.503 e. The maximum absolute atomic E-state index is 13.0. The number of Topliss-reactive ketones (excluding diaryl/α,β-unsaturated/α-hetero) is 1. The molecule has 1 heterocycles. The molecule has 5 nitrogen and oxygen atoms in total. The first kappa shape index (κ1) is 20.4. The zero-order chi connectivity index (χ0) is 22.0. The van der Waals surface area contributed by atoms with Gasteiger partial charge in [-0.25, -0.2) is 0 Å². The largest absolute Gasteiger partial charge is 0.503 e. The van der Waals surface area contributed by atoms with E-state index in [1.807, 2.05) is 61.5 Å². The van der Waals surface area contributed by atoms with Gasteiger partial charge in [0.15, 0.2) is 11.5 Å². The van der Waals surface area contributed by atoms with Crippen molar-refractivity contribution >= 4 is 17.4 Å². The van der Waals surface area contributed by atoms with Crippen molar-refractivity contribution in [3.63, 3.8) is 0 Å². The zero-order valence-corrected chi connectivity index (χ0v) is 17.4. The number of benzene rings is 3. The highest BCUT2D eigenvalue weighted by Crippen LogP contribution is 2.42. The van der Waals surface area contributed by atoms with Crippen LogP contribution in [0.1, 0.15) is 30.5 Å². The second-order valence-corrected chi connectivity index (χ2v) is 7.44. The highest BCUT2D eigenvalue weighted by molar-refractivity contribution is 6.16. The molecule has 31 heavy (non-hydrogen) atoms. The van der Waals surface area contributed by atoms with Crippen molar-refractivity contribution < 1.29 is 19.4 Å². The van der Waals surface area contributed by atoms with Gasteiger partial charge in [-0.1, -0.05) is 55.0 Å². The Hall–Kier alpha value is -3.86. The molecule has 0 aromatic heterocycles. The number of carbonyl (C=O) groups excluding carboxylic acids is 2. The van der Waals surface area contributed by atoms with Crippen molar-refractivity contribution in [2.45, 2.75) is 26.3 Å². The molecular weight excluding hydrogens is 390 g/mol. The standard InChI is InChI=1S/C26H23NO4/c1-3-22(28)23-24(18-9-7-8-17(2)16-18)27(26(30)25(23)29)19-12-14-21(15-13-19)31-20-10-5-4-6-11-20/h4-16,24,29H,3H2,1-2H3. The van der Waals surface area contributed by atoms with Crippen LogP contribution in [0.2, 0.25) is 0 Å². The van der Waals surface area contributed by atoms with Crippen LogP contribution in [0.5, 0.6) is 11.5 Å². The van der Waals surface area contributed by atoms with Crippen LogP contribution in [0.15, 0.2) is 90.2 Å². The van der Waals surface area contributed by atoms with Crippen LogP contribution in [-0.2, 0) is 9.59 Å². The highest BCUT2D eigenvalue weighted by Gasteiger charge is 2.43. The molecule has 0 saturated heterocycles. The summed E-state index contributed by atoms with van der Waals surface area (Å²) in [6.45, 7) is 3.67. The highest BCUT2D eigenvalue weighted by atomic mass is 16.5. The Balaban J connectivity index is 1.72. The van der Waals surface area contributed by atoms with Gasteiger partial charge in [0.2, 0.25) is 0 Å². The van der Waals surface area contributed by atoms with E-state index in [0.717, 1.165) is 11.1 Å². The minimum atomic E-state index is -0.680. The first-order valence-electron chi connectivity index (χ1n) is 10.2. The molecule has 1 amide bonds. The van der Waals surface area contributed by atoms with Gasteiger partial charge in [0, 0.05) is 12.1 Å². The van der Waals surface area contributed by atoms with Gasteiger partial charge in [-0.15, -0.1) is 0 Å². The van der Waals surface area contributed by atoms with Crippen LogP contribution >= 0.6 is 0 Å². The van der Waals surface area contributed by atoms with Crippen molar-refractivity contribution in [3.8, 4) is 11.5 Å². The van der Waals surface area contributed by atoms with Gasteiger partial charge < -0.3 is 9.84 Å². The van der Waals surface area contributed by atoms with Crippen molar-refractivity contribution in [3.05, 3.63) is 101 Å². The topological polar surface area (TPSA) is 66.8 Å². The first-order chi connectivity index (χ1) is 15.0. The Morgan fingerprint density at radius 2 is 1.65 bits per heavy atom. The van der Waals surface area contributed by atoms with E-state index in [1.54, 1.807) is 31.2 Å². The Bertz CT molecular complexity index is 1150. The summed E-state index contributed by atoms with van der Waals surface area (Å²) >= 11 is 0. The van der Waals surface area contributed by atoms with E-state index in [4.69, 9.17) is 4.74 Å². The van der Waals surface area contributed by atoms with Crippen LogP contribution in [-0.4, -0.2) is 16.8 Å². The monoisotopic (exact) mass is 413 g/mol. The molecule has 0 aliphatic carbocycles. The SMILES string of the molecule is CCC(=O)C1=C(O)C(=O)N(c2ccc(Oc3ccccc3)cc2)C1c1cccc(C)c1. The van der Waals surface area contributed by atoms with Crippen molar-refractivity contribution in [1.29, 1.82) is 0 Å². The predicted molar refractivity (Wildman–Crippen MR) is 119 cm³/mol. The third kappa shape index (κ3) is 3.94. The number of aliphatic hydroxyl groups is 1. The molecule has 3 aromatic carbocycles. The molecule has 3 aromatic rings. The number of hydrogen-bond donors (Lipinski definition) is 1. The minimum absolute atomic E-state index is 0.141. The zero-order valence-electron chi connectivity index (χ0n) is 17.4. The molecule has 1 aliphatic heterocycles. The summed E-state index contributed by atoms with van der Waals surface area (Å²) in [5.74, 6) is 0.0166. The summed E-state index contributed by atoms with van der Waals surface area (Å²) in [5.41, 5.74) is 2.50. The average molecular weight is 413 g/mol. The third-order valence-electron chi connectivity index (χ3n) is 5.28. The second kappa shape index (κ2) is 8.48. The number of aliphatic hydroxyl groups excluding tert-OH is 1. The van der Waals surface area contributed by atoms with Gasteiger partial charge in [0.05, 0.1) is 11.6 Å². The molecule has 4 rings (SSSR count). The van der Waals surface area contributed by atoms with Crippen LogP contribution in [0.3, 0.4) is 0 Å². The smallest absolute Gasteiger partial charge is 0.294 e. The molecule has 1 aliphatic rings. The van der Waals surface area contributed by atoms with Gasteiger partial charge >= 0.3 is 0 Å². The second-order valence-electron chi connectivity index (χ2n) is 7.44. The van der Waals surface area contributed by atoms with E-state index >= 15 is 0 Å². The van der Waals surface area contributed by atoms with E-state index < -0.39 is 17.7 Å². The quantitative estimate of drug-likeness (QED) is 0.566. The predicted octanol–water partition coefficient (Wildman–Crippen LogP) is 5.67. The van der Waals surface area contributed by atoms with Gasteiger partial charge in [-0.3, -0.25) is 14.5 Å². The summed E-state index contributed by atoms with van der Waals surface area (Å²) in [5, 5.41) is 10.6. The number of nitrogens with zero attached hydrogens (tertiary/aromatic N) is 1. The van der Waals surface area contributed by atoms with Crippen molar-refractivity contribution in [1.82, 2.24) is 0 Å². The van der Waals surface area contributed by atoms with Gasteiger partial charge in [-0.05, 0) is 48.9 Å². The maximum Gasteiger partial charge on any atom is 0.294 e. The molecular formula is C26H23NO4. The number of ether oxygens (including phenoxy) is 1. The number of aryl methyl sites for hydroxylation is 1. The molecule has 0 radical (unpaired) electrons. The lowest BCUT2D eigenvalue weighted by molar-refractivity contribution is -0.118. The summed E-state index contributed by atoms with van der Waals surface area (Å²) < 4.78 is 5.83. The lowest BCUT2D eigenvalue weighted by atomic mass is 9.94. The van der Waals surface area contributed by atoms with E-state index in [2.05, 4.69) is 0 Å². The summed E-state index contributed by atoms with van der Waals surface area (Å²) in [6, 6.07) is 23.4. The third-order valence-corrected chi connectivity index (χ3v) is 5.28. The van der Waals surface area contributed by atoms with Crippen LogP contribution < -0.4 is 9.64 Å². The molecule has 1 unspecified atom stereocenters. The molecule has 156 valence electrons. The lowest BCUT2D eigenvalue weighted by Gasteiger charge is -2.27. The lowest BCUT2D eigenvalue weighted by Crippen LogP contribution is -2.31. The first-order valence-corrected chi connectivity index (χ1v) is 10.2. The number of hydrogen-bond acceptors (Lipinski definition) is 4. The van der Waals surface area contributed by atoms with E-state index in [9.17, 15) is 14.7 Å². The number of rotatable bonds is 6. The molecule has 0 bridgehead atoms. The van der Waals surface area contributed by atoms with Crippen molar-refractivity contribution in [2.24, 2.45) is 0 Å². The van der Waals surface area contributed by atoms with Crippen LogP contribution in [0.4, 0.5) is 5.69 Å². The maximum atomic E-state index is 13.0. The Morgan fingerprint density at radius 3 is 2.29 bits per heavy atom. The fraction of sp³-hybridized carbons (Fsp3) is 0.154. The molecule has 5 heteroatoms. The van der Waals surface area contributed by atoms with Gasteiger partial charge in [0.1, 0.15) is 11.5 Å². The number of carbonyl (C=O) groups is 2. The fourth-order valence-corrected chi connectivity index (χ4v) is 3.80. The van der Waals surface area contributed by atoms with Crippen LogP contribution in [0, 0.1) is 6.92 Å². The summed E-state index contributed by atoms with van der Waals surface area (Å²) in [7, 11) is 0. The Kier molecular flexibility index (Phi) is 5.58.